The van der Waals surface area contributed by atoms with Crippen LogP contribution in [0.15, 0.2) is 52.3 Å². The summed E-state index contributed by atoms with van der Waals surface area (Å²) >= 11 is 7.69. The predicted octanol–water partition coefficient (Wildman–Crippen LogP) is 5.09. The van der Waals surface area contributed by atoms with Crippen LogP contribution in [0.2, 0.25) is 5.02 Å². The second kappa shape index (κ2) is 7.32. The Hall–Kier alpha value is -1.91. The largest absolute Gasteiger partial charge is 0.370 e. The molecule has 2 aromatic carbocycles. The summed E-state index contributed by atoms with van der Waals surface area (Å²) in [6, 6.07) is 14.3. The fourth-order valence-corrected chi connectivity index (χ4v) is 3.89. The number of benzene rings is 2. The Labute approximate surface area is 150 Å². The first-order valence-corrected chi connectivity index (χ1v) is 9.05. The number of aromatic nitrogens is 1. The van der Waals surface area contributed by atoms with Crippen LogP contribution in [-0.4, -0.2) is 10.9 Å². The number of halogens is 1. The minimum absolute atomic E-state index is 0.256. The molecule has 124 valence electrons. The number of aryl methyl sites for hydroxylation is 2. The number of H-pyrrole nitrogens is 1. The van der Waals surface area contributed by atoms with Crippen molar-refractivity contribution in [2.45, 2.75) is 36.0 Å². The van der Waals surface area contributed by atoms with Crippen molar-refractivity contribution in [3.8, 4) is 0 Å². The summed E-state index contributed by atoms with van der Waals surface area (Å²) in [5.41, 5.74) is 8.75. The van der Waals surface area contributed by atoms with E-state index in [1.165, 1.54) is 15.8 Å². The number of amides is 1. The topological polar surface area (TPSA) is 58.9 Å². The highest BCUT2D eigenvalue weighted by atomic mass is 35.5. The fraction of sp³-hybridized carbons (Fsp3) is 0.211. The molecule has 0 saturated heterocycles. The van der Waals surface area contributed by atoms with Crippen LogP contribution in [0.3, 0.4) is 0 Å². The molecule has 1 aromatic heterocycles. The lowest BCUT2D eigenvalue weighted by atomic mass is 10.1. The van der Waals surface area contributed by atoms with Gasteiger partial charge in [-0.1, -0.05) is 35.5 Å². The third-order valence-electron chi connectivity index (χ3n) is 3.86. The number of fused-ring (bicyclic) bond motifs is 1. The van der Waals surface area contributed by atoms with E-state index >= 15 is 0 Å². The zero-order chi connectivity index (χ0) is 17.1. The highest BCUT2D eigenvalue weighted by Crippen LogP contribution is 2.38. The average molecular weight is 359 g/mol. The van der Waals surface area contributed by atoms with Crippen LogP contribution in [0.25, 0.3) is 10.9 Å². The molecule has 1 amide bonds. The SMILES string of the molecule is Cc1ccc2c(Sc3ccc(Cl)cc3)c(CCCC(N)=O)[nH]c2c1. The summed E-state index contributed by atoms with van der Waals surface area (Å²) in [5, 5.41) is 1.94. The number of nitrogens with one attached hydrogen (secondary N) is 1. The molecular weight excluding hydrogens is 340 g/mol. The Morgan fingerprint density at radius 2 is 1.96 bits per heavy atom. The van der Waals surface area contributed by atoms with Gasteiger partial charge in [0.2, 0.25) is 5.91 Å². The van der Waals surface area contributed by atoms with E-state index in [0.717, 1.165) is 34.0 Å². The van der Waals surface area contributed by atoms with E-state index in [-0.39, 0.29) is 5.91 Å². The highest BCUT2D eigenvalue weighted by Gasteiger charge is 2.13. The molecule has 24 heavy (non-hydrogen) atoms. The Morgan fingerprint density at radius 3 is 2.67 bits per heavy atom. The molecule has 0 atom stereocenters. The number of aromatic amines is 1. The van der Waals surface area contributed by atoms with E-state index in [1.807, 2.05) is 24.3 Å². The standard InChI is InChI=1S/C19H19ClN2OS/c1-12-5-10-15-17(11-12)22-16(3-2-4-18(21)23)19(15)24-14-8-6-13(20)7-9-14/h5-11,22H,2-4H2,1H3,(H2,21,23). The summed E-state index contributed by atoms with van der Waals surface area (Å²) in [7, 11) is 0. The van der Waals surface area contributed by atoms with Crippen LogP contribution >= 0.6 is 23.4 Å². The average Bonchev–Trinajstić information content (AvgIpc) is 2.86. The molecule has 0 fully saturated rings. The van der Waals surface area contributed by atoms with Crippen molar-refractivity contribution >= 4 is 40.2 Å². The van der Waals surface area contributed by atoms with Gasteiger partial charge in [0.05, 0.1) is 0 Å². The minimum atomic E-state index is -0.256. The molecule has 3 rings (SSSR count). The number of hydrogen-bond donors (Lipinski definition) is 2. The van der Waals surface area contributed by atoms with Crippen molar-refractivity contribution in [3.63, 3.8) is 0 Å². The van der Waals surface area contributed by atoms with Gasteiger partial charge in [0, 0.05) is 37.8 Å². The zero-order valence-corrected chi connectivity index (χ0v) is 15.0. The lowest BCUT2D eigenvalue weighted by Gasteiger charge is -2.05. The van der Waals surface area contributed by atoms with E-state index < -0.39 is 0 Å². The summed E-state index contributed by atoms with van der Waals surface area (Å²) in [4.78, 5) is 16.9. The highest BCUT2D eigenvalue weighted by molar-refractivity contribution is 7.99. The number of hydrogen-bond acceptors (Lipinski definition) is 2. The summed E-state index contributed by atoms with van der Waals surface area (Å²) in [6.45, 7) is 2.08. The van der Waals surface area contributed by atoms with E-state index in [1.54, 1.807) is 11.8 Å². The van der Waals surface area contributed by atoms with Gasteiger partial charge in [-0.3, -0.25) is 4.79 Å². The first-order chi connectivity index (χ1) is 11.5. The number of carbonyl (C=O) groups excluding carboxylic acids is 1. The molecule has 0 aliphatic heterocycles. The molecule has 3 aromatic rings. The molecule has 0 aliphatic rings. The van der Waals surface area contributed by atoms with Crippen LogP contribution in [0.4, 0.5) is 0 Å². The Bertz CT molecular complexity index is 871. The lowest BCUT2D eigenvalue weighted by molar-refractivity contribution is -0.118. The molecule has 3 N–H and O–H groups in total. The van der Waals surface area contributed by atoms with E-state index in [4.69, 9.17) is 17.3 Å². The number of carbonyl (C=O) groups is 1. The van der Waals surface area contributed by atoms with Crippen molar-refractivity contribution in [1.82, 2.24) is 4.98 Å². The molecule has 0 spiro atoms. The second-order valence-electron chi connectivity index (χ2n) is 5.86. The monoisotopic (exact) mass is 358 g/mol. The maximum Gasteiger partial charge on any atom is 0.217 e. The second-order valence-corrected chi connectivity index (χ2v) is 7.38. The smallest absolute Gasteiger partial charge is 0.217 e. The maximum atomic E-state index is 11.0. The summed E-state index contributed by atoms with van der Waals surface area (Å²) < 4.78 is 0. The third-order valence-corrected chi connectivity index (χ3v) is 5.29. The number of primary amides is 1. The zero-order valence-electron chi connectivity index (χ0n) is 13.4. The van der Waals surface area contributed by atoms with Gasteiger partial charge in [-0.05, 0) is 55.7 Å². The normalized spacial score (nSPS) is 11.1. The van der Waals surface area contributed by atoms with Crippen molar-refractivity contribution in [1.29, 1.82) is 0 Å². The molecule has 0 aliphatic carbocycles. The molecule has 0 unspecified atom stereocenters. The number of nitrogens with two attached hydrogens (primary N) is 1. The van der Waals surface area contributed by atoms with Gasteiger partial charge in [0.15, 0.2) is 0 Å². The van der Waals surface area contributed by atoms with Crippen LogP contribution in [0, 0.1) is 6.92 Å². The van der Waals surface area contributed by atoms with E-state index in [9.17, 15) is 4.79 Å². The Morgan fingerprint density at radius 1 is 1.21 bits per heavy atom. The molecule has 1 heterocycles. The molecule has 3 nitrogen and oxygen atoms in total. The van der Waals surface area contributed by atoms with Crippen LogP contribution in [0.5, 0.6) is 0 Å². The lowest BCUT2D eigenvalue weighted by Crippen LogP contribution is -2.10. The molecule has 5 heteroatoms. The quantitative estimate of drug-likeness (QED) is 0.644. The summed E-state index contributed by atoms with van der Waals surface area (Å²) in [5.74, 6) is -0.256. The first-order valence-electron chi connectivity index (χ1n) is 7.86. The van der Waals surface area contributed by atoms with Gasteiger partial charge in [0.25, 0.3) is 0 Å². The van der Waals surface area contributed by atoms with Gasteiger partial charge in [-0.15, -0.1) is 0 Å². The van der Waals surface area contributed by atoms with Crippen molar-refractivity contribution < 1.29 is 4.79 Å². The van der Waals surface area contributed by atoms with Gasteiger partial charge in [0.1, 0.15) is 0 Å². The van der Waals surface area contributed by atoms with E-state index in [2.05, 4.69) is 30.1 Å². The Kier molecular flexibility index (Phi) is 5.17. The van der Waals surface area contributed by atoms with Gasteiger partial charge < -0.3 is 10.7 Å². The van der Waals surface area contributed by atoms with Gasteiger partial charge in [-0.25, -0.2) is 0 Å². The van der Waals surface area contributed by atoms with Crippen molar-refractivity contribution in [2.24, 2.45) is 5.73 Å². The number of rotatable bonds is 6. The van der Waals surface area contributed by atoms with Crippen molar-refractivity contribution in [3.05, 3.63) is 58.7 Å². The summed E-state index contributed by atoms with van der Waals surface area (Å²) in [6.07, 6.45) is 1.95. The van der Waals surface area contributed by atoms with Gasteiger partial charge in [-0.2, -0.15) is 0 Å². The van der Waals surface area contributed by atoms with Gasteiger partial charge >= 0.3 is 0 Å². The van der Waals surface area contributed by atoms with Crippen LogP contribution in [-0.2, 0) is 11.2 Å². The third kappa shape index (κ3) is 3.94. The molecule has 0 saturated carbocycles. The molecule has 0 bridgehead atoms. The van der Waals surface area contributed by atoms with Crippen molar-refractivity contribution in [2.75, 3.05) is 0 Å². The fourth-order valence-electron chi connectivity index (χ4n) is 2.69. The molecular formula is C19H19ClN2OS. The van der Waals surface area contributed by atoms with Crippen LogP contribution in [0.1, 0.15) is 24.1 Å². The predicted molar refractivity (Wildman–Crippen MR) is 101 cm³/mol. The minimum Gasteiger partial charge on any atom is -0.370 e. The maximum absolute atomic E-state index is 11.0. The van der Waals surface area contributed by atoms with Crippen LogP contribution < -0.4 is 5.73 Å². The first kappa shape index (κ1) is 16.9. The Balaban J connectivity index is 1.95. The van der Waals surface area contributed by atoms with E-state index in [0.29, 0.717) is 6.42 Å². The molecule has 0 radical (unpaired) electrons.